The molecule has 0 aliphatic carbocycles. The second-order valence-electron chi connectivity index (χ2n) is 5.96. The molecule has 2 unspecified atom stereocenters. The fraction of sp³-hybridized carbons (Fsp3) is 0.235. The topological polar surface area (TPSA) is 24.5 Å². The number of nitrogens with one attached hydrogen (secondary N) is 1. The van der Waals surface area contributed by atoms with Crippen LogP contribution in [0.4, 0.5) is 5.69 Å². The van der Waals surface area contributed by atoms with Crippen molar-refractivity contribution in [2.45, 2.75) is 25.1 Å². The lowest BCUT2D eigenvalue weighted by molar-refractivity contribution is 0.0488. The van der Waals surface area contributed by atoms with E-state index in [1.54, 1.807) is 0 Å². The van der Waals surface area contributed by atoms with Crippen LogP contribution in [-0.4, -0.2) is 10.8 Å². The van der Waals surface area contributed by atoms with Crippen molar-refractivity contribution in [1.82, 2.24) is 5.32 Å². The second-order valence-corrected chi connectivity index (χ2v) is 8.12. The van der Waals surface area contributed by atoms with E-state index in [4.69, 9.17) is 17.0 Å². The predicted octanol–water partition coefficient (Wildman–Crippen LogP) is 5.15. The number of para-hydroxylation sites is 1. The molecule has 118 valence electrons. The molecule has 1 N–H and O–H groups in total. The number of nitrogens with zero attached hydrogens (tertiary/aromatic N) is 1. The number of hydrogen-bond donors (Lipinski definition) is 1. The normalized spacial score (nSPS) is 25.4. The van der Waals surface area contributed by atoms with Crippen molar-refractivity contribution in [2.75, 3.05) is 4.90 Å². The number of ether oxygens (including phenoxy) is 1. The highest BCUT2D eigenvalue weighted by Crippen LogP contribution is 2.49. The summed E-state index contributed by atoms with van der Waals surface area (Å²) < 4.78 is 8.41. The Balaban J connectivity index is 1.84. The smallest absolute Gasteiger partial charge is 0.188 e. The van der Waals surface area contributed by atoms with Gasteiger partial charge in [0.1, 0.15) is 5.75 Å². The van der Waals surface area contributed by atoms with Crippen molar-refractivity contribution < 1.29 is 4.74 Å². The Hall–Kier alpha value is -1.11. The van der Waals surface area contributed by atoms with E-state index in [1.165, 1.54) is 0 Å². The average molecular weight is 454 g/mol. The zero-order valence-electron chi connectivity index (χ0n) is 12.3. The van der Waals surface area contributed by atoms with Gasteiger partial charge in [-0.2, -0.15) is 0 Å². The minimum absolute atomic E-state index is 0.144. The van der Waals surface area contributed by atoms with Crippen molar-refractivity contribution in [3.05, 3.63) is 57.0 Å². The summed E-state index contributed by atoms with van der Waals surface area (Å²) in [5, 5.41) is 4.16. The number of fused-ring (bicyclic) bond motifs is 4. The molecule has 6 heteroatoms. The van der Waals surface area contributed by atoms with E-state index in [9.17, 15) is 0 Å². The van der Waals surface area contributed by atoms with Gasteiger partial charge in [0.05, 0.1) is 10.5 Å². The van der Waals surface area contributed by atoms with Gasteiger partial charge in [-0.05, 0) is 59.3 Å². The van der Waals surface area contributed by atoms with E-state index in [-0.39, 0.29) is 6.04 Å². The Labute approximate surface area is 157 Å². The summed E-state index contributed by atoms with van der Waals surface area (Å²) in [6, 6.07) is 14.4. The van der Waals surface area contributed by atoms with E-state index in [1.807, 2.05) is 24.3 Å². The third kappa shape index (κ3) is 2.47. The van der Waals surface area contributed by atoms with E-state index in [0.717, 1.165) is 32.4 Å². The lowest BCUT2D eigenvalue weighted by Crippen LogP contribution is -2.65. The van der Waals surface area contributed by atoms with Crippen LogP contribution >= 0.6 is 44.1 Å². The zero-order valence-corrected chi connectivity index (χ0v) is 16.3. The maximum atomic E-state index is 6.44. The first-order chi connectivity index (χ1) is 11.0. The summed E-state index contributed by atoms with van der Waals surface area (Å²) in [5.41, 5.74) is 1.64. The molecule has 0 amide bonds. The quantitative estimate of drug-likeness (QED) is 0.603. The third-order valence-electron chi connectivity index (χ3n) is 4.31. The minimum Gasteiger partial charge on any atom is -0.466 e. The summed E-state index contributed by atoms with van der Waals surface area (Å²) in [7, 11) is 0. The molecule has 2 atom stereocenters. The number of thiocarbonyl (C=S) groups is 1. The molecule has 2 aromatic carbocycles. The SMILES string of the molecule is CC12CC(NC(=S)N1c1ccccc1)c1cc(Br)cc(Br)c1O2. The van der Waals surface area contributed by atoms with Gasteiger partial charge in [0.2, 0.25) is 0 Å². The minimum atomic E-state index is -0.516. The average Bonchev–Trinajstić information content (AvgIpc) is 2.49. The van der Waals surface area contributed by atoms with Crippen molar-refractivity contribution in [3.63, 3.8) is 0 Å². The van der Waals surface area contributed by atoms with Crippen LogP contribution in [0.25, 0.3) is 0 Å². The van der Waals surface area contributed by atoms with Crippen LogP contribution in [0.5, 0.6) is 5.75 Å². The van der Waals surface area contributed by atoms with Crippen molar-refractivity contribution in [3.8, 4) is 5.75 Å². The molecule has 0 spiro atoms. The number of rotatable bonds is 1. The number of benzene rings is 2. The Morgan fingerprint density at radius 1 is 1.26 bits per heavy atom. The third-order valence-corrected chi connectivity index (χ3v) is 5.65. The van der Waals surface area contributed by atoms with Crippen molar-refractivity contribution >= 4 is 54.9 Å². The maximum Gasteiger partial charge on any atom is 0.188 e. The molecule has 0 radical (unpaired) electrons. The molecule has 2 aliphatic heterocycles. The van der Waals surface area contributed by atoms with Gasteiger partial charge in [0.15, 0.2) is 10.8 Å². The molecule has 0 aromatic heterocycles. The second kappa shape index (κ2) is 5.46. The van der Waals surface area contributed by atoms with Crippen LogP contribution in [0.15, 0.2) is 51.4 Å². The van der Waals surface area contributed by atoms with Gasteiger partial charge in [0, 0.05) is 22.1 Å². The predicted molar refractivity (Wildman–Crippen MR) is 103 cm³/mol. The number of anilines is 1. The van der Waals surface area contributed by atoms with Gasteiger partial charge in [-0.3, -0.25) is 4.90 Å². The first-order valence-electron chi connectivity index (χ1n) is 7.32. The van der Waals surface area contributed by atoms with Crippen LogP contribution < -0.4 is 15.0 Å². The fourth-order valence-electron chi connectivity index (χ4n) is 3.36. The Morgan fingerprint density at radius 3 is 2.74 bits per heavy atom. The summed E-state index contributed by atoms with van der Waals surface area (Å²) in [4.78, 5) is 2.07. The highest BCUT2D eigenvalue weighted by molar-refractivity contribution is 9.11. The van der Waals surface area contributed by atoms with Gasteiger partial charge < -0.3 is 10.1 Å². The molecule has 2 aliphatic rings. The highest BCUT2D eigenvalue weighted by Gasteiger charge is 2.48. The van der Waals surface area contributed by atoms with Crippen molar-refractivity contribution in [2.24, 2.45) is 0 Å². The first-order valence-corrected chi connectivity index (χ1v) is 9.31. The molecule has 23 heavy (non-hydrogen) atoms. The van der Waals surface area contributed by atoms with E-state index >= 15 is 0 Å². The zero-order chi connectivity index (χ0) is 16.2. The monoisotopic (exact) mass is 452 g/mol. The summed E-state index contributed by atoms with van der Waals surface area (Å²) in [5.74, 6) is 0.878. The Kier molecular flexibility index (Phi) is 3.66. The van der Waals surface area contributed by atoms with Crippen LogP contribution in [0.2, 0.25) is 0 Å². The van der Waals surface area contributed by atoms with Crippen LogP contribution in [-0.2, 0) is 0 Å². The Morgan fingerprint density at radius 2 is 2.00 bits per heavy atom. The Bertz CT molecular complexity index is 799. The molecular formula is C17H14Br2N2OS. The van der Waals surface area contributed by atoms with Crippen LogP contribution in [0, 0.1) is 0 Å². The van der Waals surface area contributed by atoms with E-state index < -0.39 is 5.72 Å². The number of hydrogen-bond acceptors (Lipinski definition) is 2. The molecule has 2 aromatic rings. The molecule has 1 fully saturated rings. The summed E-state index contributed by atoms with van der Waals surface area (Å²) in [6.45, 7) is 2.09. The molecular weight excluding hydrogens is 440 g/mol. The summed E-state index contributed by atoms with van der Waals surface area (Å²) >= 11 is 12.8. The highest BCUT2D eigenvalue weighted by atomic mass is 79.9. The largest absolute Gasteiger partial charge is 0.466 e. The maximum absolute atomic E-state index is 6.44. The molecule has 3 nitrogen and oxygen atoms in total. The molecule has 4 rings (SSSR count). The summed E-state index contributed by atoms with van der Waals surface area (Å²) in [6.07, 6.45) is 0.817. The van der Waals surface area contributed by atoms with Gasteiger partial charge >= 0.3 is 0 Å². The van der Waals surface area contributed by atoms with E-state index in [2.05, 4.69) is 67.2 Å². The first kappa shape index (κ1) is 15.4. The fourth-order valence-corrected chi connectivity index (χ4v) is 5.14. The lowest BCUT2D eigenvalue weighted by Gasteiger charge is -2.52. The van der Waals surface area contributed by atoms with Crippen molar-refractivity contribution in [1.29, 1.82) is 0 Å². The van der Waals surface area contributed by atoms with E-state index in [0.29, 0.717) is 5.11 Å². The van der Waals surface area contributed by atoms with Crippen LogP contribution in [0.1, 0.15) is 24.9 Å². The molecule has 2 bridgehead atoms. The lowest BCUT2D eigenvalue weighted by atomic mass is 9.90. The van der Waals surface area contributed by atoms with Gasteiger partial charge in [-0.15, -0.1) is 0 Å². The van der Waals surface area contributed by atoms with Crippen LogP contribution in [0.3, 0.4) is 0 Å². The molecule has 2 heterocycles. The molecule has 1 saturated heterocycles. The molecule has 0 saturated carbocycles. The number of halogens is 2. The van der Waals surface area contributed by atoms with Gasteiger partial charge in [-0.1, -0.05) is 34.1 Å². The standard InChI is InChI=1S/C17H14Br2N2OS/c1-17-9-14(12-7-10(18)8-13(19)15(12)22-17)20-16(23)21(17)11-5-3-2-4-6-11/h2-8,14H,9H2,1H3,(H,20,23). The van der Waals surface area contributed by atoms with Gasteiger partial charge in [-0.25, -0.2) is 0 Å². The van der Waals surface area contributed by atoms with Gasteiger partial charge in [0.25, 0.3) is 0 Å².